The zero-order chi connectivity index (χ0) is 25.7. The zero-order valence-corrected chi connectivity index (χ0v) is 20.5. The van der Waals surface area contributed by atoms with Crippen LogP contribution in [-0.2, 0) is 4.79 Å². The summed E-state index contributed by atoms with van der Waals surface area (Å²) < 4.78 is 15.8. The molecule has 0 radical (unpaired) electrons. The third-order valence-corrected chi connectivity index (χ3v) is 7.55. The highest BCUT2D eigenvalue weighted by molar-refractivity contribution is 6.31. The van der Waals surface area contributed by atoms with Crippen molar-refractivity contribution < 1.29 is 14.0 Å². The van der Waals surface area contributed by atoms with Gasteiger partial charge in [0.1, 0.15) is 12.1 Å². The van der Waals surface area contributed by atoms with Crippen LogP contribution in [0.2, 0.25) is 5.02 Å². The predicted molar refractivity (Wildman–Crippen MR) is 138 cm³/mol. The van der Waals surface area contributed by atoms with Crippen molar-refractivity contribution in [2.24, 2.45) is 11.7 Å². The number of rotatable bonds is 4. The van der Waals surface area contributed by atoms with E-state index in [2.05, 4.69) is 20.7 Å². The lowest BCUT2D eigenvalue weighted by molar-refractivity contribution is -0.120. The molecule has 3 heterocycles. The number of pyridine rings is 1. The highest BCUT2D eigenvalue weighted by Crippen LogP contribution is 2.42. The summed E-state index contributed by atoms with van der Waals surface area (Å²) in [5, 5.41) is 10.5. The van der Waals surface area contributed by atoms with Gasteiger partial charge >= 0.3 is 0 Å². The second kappa shape index (κ2) is 9.24. The lowest BCUT2D eigenvalue weighted by atomic mass is 9.85. The molecule has 1 unspecified atom stereocenters. The van der Waals surface area contributed by atoms with Crippen molar-refractivity contribution >= 4 is 34.7 Å². The van der Waals surface area contributed by atoms with E-state index < -0.39 is 11.9 Å². The first kappa shape index (κ1) is 23.6. The van der Waals surface area contributed by atoms with Crippen LogP contribution in [0.3, 0.4) is 0 Å². The van der Waals surface area contributed by atoms with Crippen LogP contribution in [0.15, 0.2) is 55.0 Å². The second-order valence-corrected chi connectivity index (χ2v) is 10.1. The average Bonchev–Trinajstić information content (AvgIpc) is 3.49. The fourth-order valence-electron chi connectivity index (χ4n) is 5.36. The molecule has 1 fully saturated rings. The molecule has 3 atom stereocenters. The quantitative estimate of drug-likeness (QED) is 0.368. The summed E-state index contributed by atoms with van der Waals surface area (Å²) in [6.45, 7) is 0. The van der Waals surface area contributed by atoms with Crippen LogP contribution < -0.4 is 16.4 Å². The third kappa shape index (κ3) is 4.34. The number of halogens is 2. The second-order valence-electron chi connectivity index (χ2n) is 9.65. The lowest BCUT2D eigenvalue weighted by Crippen LogP contribution is -2.34. The molecule has 8 nitrogen and oxygen atoms in total. The zero-order valence-electron chi connectivity index (χ0n) is 19.7. The molecule has 2 aromatic carbocycles. The first-order valence-corrected chi connectivity index (χ1v) is 12.5. The Hall–Kier alpha value is -3.82. The highest BCUT2D eigenvalue weighted by atomic mass is 35.5. The minimum absolute atomic E-state index is 0.0157. The Kier molecular flexibility index (Phi) is 5.89. The molecule has 4 aromatic rings. The van der Waals surface area contributed by atoms with Crippen molar-refractivity contribution in [3.05, 3.63) is 82.5 Å². The summed E-state index contributed by atoms with van der Waals surface area (Å²) in [6.07, 6.45) is 6.41. The third-order valence-electron chi connectivity index (χ3n) is 7.21. The lowest BCUT2D eigenvalue weighted by Gasteiger charge is -2.26. The van der Waals surface area contributed by atoms with Crippen molar-refractivity contribution in [1.82, 2.24) is 19.9 Å². The standard InChI is InChI=1S/C27H24ClFN6O2/c28-21-6-5-17(29)11-19(21)25-24-20(27(37)34-25)9-16(15-4-7-23-31-13-32-35(23)12-15)10-22(24)33-26(36)14-2-1-3-18(30)8-14/h4-7,9-14,18,25H,1-3,8,30H2,(H,33,36)(H,34,37)/t14-,18-,25?/m0/s1. The number of anilines is 1. The van der Waals surface area contributed by atoms with Crippen LogP contribution in [0.1, 0.15) is 53.2 Å². The van der Waals surface area contributed by atoms with Crippen LogP contribution in [0.25, 0.3) is 16.8 Å². The van der Waals surface area contributed by atoms with Gasteiger partial charge in [0.05, 0.1) is 6.04 Å². The van der Waals surface area contributed by atoms with Crippen LogP contribution in [0, 0.1) is 11.7 Å². The Morgan fingerprint density at radius 1 is 1.16 bits per heavy atom. The van der Waals surface area contributed by atoms with E-state index in [0.29, 0.717) is 45.0 Å². The average molecular weight is 519 g/mol. The Bertz CT molecular complexity index is 1550. The monoisotopic (exact) mass is 518 g/mol. The Morgan fingerprint density at radius 3 is 2.86 bits per heavy atom. The number of hydrogen-bond donors (Lipinski definition) is 3. The number of nitrogens with one attached hydrogen (secondary N) is 2. The number of carbonyl (C=O) groups is 2. The number of benzene rings is 2. The van der Waals surface area contributed by atoms with E-state index in [-0.39, 0.29) is 23.8 Å². The molecule has 188 valence electrons. The van der Waals surface area contributed by atoms with E-state index in [0.717, 1.165) is 24.8 Å². The minimum Gasteiger partial charge on any atom is -0.341 e. The van der Waals surface area contributed by atoms with Gasteiger partial charge in [-0.2, -0.15) is 5.10 Å². The summed E-state index contributed by atoms with van der Waals surface area (Å²) in [7, 11) is 0. The molecule has 1 saturated carbocycles. The number of aromatic nitrogens is 3. The van der Waals surface area contributed by atoms with Gasteiger partial charge < -0.3 is 16.4 Å². The maximum Gasteiger partial charge on any atom is 0.252 e. The maximum absolute atomic E-state index is 14.2. The molecule has 0 saturated heterocycles. The minimum atomic E-state index is -0.721. The summed E-state index contributed by atoms with van der Waals surface area (Å²) in [6, 6.07) is 10.6. The summed E-state index contributed by atoms with van der Waals surface area (Å²) >= 11 is 6.42. The molecule has 2 aliphatic rings. The molecule has 0 bridgehead atoms. The molecule has 1 aliphatic heterocycles. The van der Waals surface area contributed by atoms with Crippen LogP contribution in [-0.4, -0.2) is 32.5 Å². The first-order valence-electron chi connectivity index (χ1n) is 12.2. The highest BCUT2D eigenvalue weighted by Gasteiger charge is 2.36. The van der Waals surface area contributed by atoms with Crippen molar-refractivity contribution in [2.45, 2.75) is 37.8 Å². The van der Waals surface area contributed by atoms with Gasteiger partial charge in [-0.15, -0.1) is 0 Å². The summed E-state index contributed by atoms with van der Waals surface area (Å²) in [5.41, 5.74) is 10.1. The number of amides is 2. The van der Waals surface area contributed by atoms with Crippen molar-refractivity contribution in [3.8, 4) is 11.1 Å². The molecule has 1 aliphatic carbocycles. The Morgan fingerprint density at radius 2 is 2.03 bits per heavy atom. The fraction of sp³-hybridized carbons (Fsp3) is 0.259. The molecule has 0 spiro atoms. The van der Waals surface area contributed by atoms with Gasteiger partial charge in [-0.1, -0.05) is 18.0 Å². The van der Waals surface area contributed by atoms with Gasteiger partial charge in [0.25, 0.3) is 5.91 Å². The van der Waals surface area contributed by atoms with E-state index in [1.54, 1.807) is 10.6 Å². The van der Waals surface area contributed by atoms with Crippen molar-refractivity contribution in [1.29, 1.82) is 0 Å². The first-order chi connectivity index (χ1) is 17.9. The molecule has 4 N–H and O–H groups in total. The van der Waals surface area contributed by atoms with Gasteiger partial charge in [-0.25, -0.2) is 13.9 Å². The van der Waals surface area contributed by atoms with Gasteiger partial charge in [-0.05, 0) is 67.3 Å². The van der Waals surface area contributed by atoms with Gasteiger partial charge in [-0.3, -0.25) is 9.59 Å². The van der Waals surface area contributed by atoms with E-state index in [4.69, 9.17) is 17.3 Å². The summed E-state index contributed by atoms with van der Waals surface area (Å²) in [5.74, 6) is -1.18. The summed E-state index contributed by atoms with van der Waals surface area (Å²) in [4.78, 5) is 30.7. The van der Waals surface area contributed by atoms with Crippen LogP contribution in [0.5, 0.6) is 0 Å². The maximum atomic E-state index is 14.2. The number of carbonyl (C=O) groups excluding carboxylic acids is 2. The topological polar surface area (TPSA) is 114 Å². The molecule has 2 amide bonds. The van der Waals surface area contributed by atoms with Crippen LogP contribution >= 0.6 is 11.6 Å². The van der Waals surface area contributed by atoms with E-state index in [1.807, 2.05) is 24.4 Å². The van der Waals surface area contributed by atoms with E-state index >= 15 is 0 Å². The van der Waals surface area contributed by atoms with Crippen LogP contribution in [0.4, 0.5) is 10.1 Å². The smallest absolute Gasteiger partial charge is 0.252 e. The van der Waals surface area contributed by atoms with Crippen molar-refractivity contribution in [3.63, 3.8) is 0 Å². The molecular weight excluding hydrogens is 495 g/mol. The number of fused-ring (bicyclic) bond motifs is 2. The van der Waals surface area contributed by atoms with Gasteiger partial charge in [0.2, 0.25) is 5.91 Å². The number of nitrogens with zero attached hydrogens (tertiary/aromatic N) is 3. The largest absolute Gasteiger partial charge is 0.341 e. The normalized spacial score (nSPS) is 21.1. The molecule has 6 rings (SSSR count). The predicted octanol–water partition coefficient (Wildman–Crippen LogP) is 4.48. The van der Waals surface area contributed by atoms with E-state index in [1.165, 1.54) is 24.5 Å². The molecule has 37 heavy (non-hydrogen) atoms. The number of nitrogens with two attached hydrogens (primary N) is 1. The molecular formula is C27H24ClFN6O2. The van der Waals surface area contributed by atoms with Gasteiger partial charge in [0.15, 0.2) is 5.65 Å². The van der Waals surface area contributed by atoms with Gasteiger partial charge in [0, 0.05) is 51.1 Å². The molecule has 2 aromatic heterocycles. The SMILES string of the molecule is N[C@H]1CCC[C@H](C(=O)Nc2cc(-c3ccc4ncnn4c3)cc3c2C(c2cc(F)ccc2Cl)NC3=O)C1. The van der Waals surface area contributed by atoms with E-state index in [9.17, 15) is 14.0 Å². The Balaban J connectivity index is 1.48. The fourth-order valence-corrected chi connectivity index (χ4v) is 5.59. The molecule has 10 heteroatoms. The van der Waals surface area contributed by atoms with Crippen molar-refractivity contribution in [2.75, 3.05) is 5.32 Å². The Labute approximate surface area is 217 Å². The number of hydrogen-bond acceptors (Lipinski definition) is 5.